The van der Waals surface area contributed by atoms with Crippen molar-refractivity contribution in [1.82, 2.24) is 0 Å². The van der Waals surface area contributed by atoms with E-state index in [9.17, 15) is 0 Å². The lowest BCUT2D eigenvalue weighted by molar-refractivity contribution is 1.47. The summed E-state index contributed by atoms with van der Waals surface area (Å²) < 4.78 is 0. The van der Waals surface area contributed by atoms with Crippen molar-refractivity contribution >= 4 is 51.2 Å². The van der Waals surface area contributed by atoms with Crippen molar-refractivity contribution in [2.24, 2.45) is 0 Å². The van der Waals surface area contributed by atoms with Gasteiger partial charge in [0.1, 0.15) is 0 Å². The Labute approximate surface area is 187 Å². The molecule has 0 bridgehead atoms. The number of hydrogen-bond donors (Lipinski definition) is 1. The van der Waals surface area contributed by atoms with E-state index in [-0.39, 0.29) is 0 Å². The molecule has 0 aliphatic rings. The molecule has 0 atom stereocenters. The third kappa shape index (κ3) is 4.44. The molecule has 4 aromatic rings. The number of anilines is 1. The molecule has 0 heterocycles. The van der Waals surface area contributed by atoms with Gasteiger partial charge in [0, 0.05) is 21.9 Å². The Balaban J connectivity index is 1.93. The normalized spacial score (nSPS) is 11.9. The predicted octanol–water partition coefficient (Wildman–Crippen LogP) is 6.49. The van der Waals surface area contributed by atoms with Gasteiger partial charge in [-0.1, -0.05) is 115 Å². The third-order valence-electron chi connectivity index (χ3n) is 4.84. The number of nitrogens with two attached hydrogens (primary N) is 1. The highest BCUT2D eigenvalue weighted by Crippen LogP contribution is 2.58. The largest absolute Gasteiger partial charge is 0.399 e. The van der Waals surface area contributed by atoms with Gasteiger partial charge in [-0.15, -0.1) is 0 Å². The van der Waals surface area contributed by atoms with Crippen LogP contribution in [-0.4, -0.2) is 0 Å². The summed E-state index contributed by atoms with van der Waals surface area (Å²) in [6, 6.07) is 37.2. The Morgan fingerprint density at radius 3 is 1.63 bits per heavy atom. The quantitative estimate of drug-likeness (QED) is 0.210. The number of nitrogen functional groups attached to an aromatic ring is 1. The molecule has 2 N–H and O–H groups in total. The van der Waals surface area contributed by atoms with Gasteiger partial charge in [0.25, 0.3) is 0 Å². The van der Waals surface area contributed by atoms with Crippen LogP contribution in [0.1, 0.15) is 5.56 Å². The second-order valence-electron chi connectivity index (χ2n) is 6.84. The maximum atomic E-state index is 6.58. The first-order valence-electron chi connectivity index (χ1n) is 9.67. The van der Waals surface area contributed by atoms with Gasteiger partial charge in [-0.25, -0.2) is 0 Å². The van der Waals surface area contributed by atoms with Gasteiger partial charge >= 0.3 is 0 Å². The summed E-state index contributed by atoms with van der Waals surface area (Å²) >= 11 is 8.30. The van der Waals surface area contributed by atoms with E-state index in [0.717, 1.165) is 11.3 Å². The Morgan fingerprint density at radius 1 is 0.667 bits per heavy atom. The molecule has 148 valence electrons. The van der Waals surface area contributed by atoms with Gasteiger partial charge in [-0.05, 0) is 45.8 Å². The molecule has 0 saturated heterocycles. The smallest absolute Gasteiger partial charge is 0.0390 e. The van der Waals surface area contributed by atoms with E-state index in [0.29, 0.717) is 0 Å². The summed E-state index contributed by atoms with van der Waals surface area (Å²) in [6.07, 6.45) is 0. The van der Waals surface area contributed by atoms with Crippen LogP contribution < -0.4 is 16.3 Å². The molecule has 30 heavy (non-hydrogen) atoms. The minimum atomic E-state index is -2.28. The molecule has 0 aromatic heterocycles. The molecular formula is C26H22NPS2. The summed E-state index contributed by atoms with van der Waals surface area (Å²) in [5, 5.41) is 5.77. The Hall–Kier alpha value is -2.58. The lowest BCUT2D eigenvalue weighted by Crippen LogP contribution is -2.16. The summed E-state index contributed by atoms with van der Waals surface area (Å²) in [6.45, 7) is 0. The molecule has 0 amide bonds. The molecular weight excluding hydrogens is 421 g/mol. The number of hydrogen-bond acceptors (Lipinski definition) is 3. The molecule has 0 aliphatic heterocycles. The van der Waals surface area contributed by atoms with Crippen molar-refractivity contribution < 1.29 is 0 Å². The van der Waals surface area contributed by atoms with Gasteiger partial charge in [0.2, 0.25) is 0 Å². The summed E-state index contributed by atoms with van der Waals surface area (Å²) in [4.78, 5) is 1.19. The fourth-order valence-corrected chi connectivity index (χ4v) is 8.74. The van der Waals surface area contributed by atoms with Crippen LogP contribution in [0.25, 0.3) is 5.31 Å². The maximum absolute atomic E-state index is 6.58. The highest BCUT2D eigenvalue weighted by atomic mass is 32.4. The highest BCUT2D eigenvalue weighted by Gasteiger charge is 2.28. The van der Waals surface area contributed by atoms with Crippen molar-refractivity contribution in [2.75, 3.05) is 5.73 Å². The third-order valence-corrected chi connectivity index (χ3v) is 10.9. The summed E-state index contributed by atoms with van der Waals surface area (Å²) in [7, 11) is 0. The molecule has 0 unspecified atom stereocenters. The van der Waals surface area contributed by atoms with Crippen molar-refractivity contribution in [2.45, 2.75) is 4.90 Å². The van der Waals surface area contributed by atoms with Gasteiger partial charge < -0.3 is 5.73 Å². The zero-order valence-electron chi connectivity index (χ0n) is 16.4. The van der Waals surface area contributed by atoms with Gasteiger partial charge in [0.05, 0.1) is 0 Å². The lowest BCUT2D eigenvalue weighted by Gasteiger charge is -2.27. The second kappa shape index (κ2) is 9.49. The van der Waals surface area contributed by atoms with E-state index >= 15 is 0 Å². The minimum Gasteiger partial charge on any atom is -0.399 e. The van der Waals surface area contributed by atoms with Crippen molar-refractivity contribution in [3.05, 3.63) is 126 Å². The monoisotopic (exact) mass is 443 g/mol. The number of rotatable bonds is 6. The van der Waals surface area contributed by atoms with Gasteiger partial charge in [-0.3, -0.25) is 0 Å². The van der Waals surface area contributed by atoms with E-state index in [1.807, 2.05) is 30.3 Å². The van der Waals surface area contributed by atoms with Crippen LogP contribution in [0.4, 0.5) is 5.69 Å². The maximum Gasteiger partial charge on any atom is 0.0390 e. The zero-order valence-corrected chi connectivity index (χ0v) is 18.9. The Morgan fingerprint density at radius 2 is 1.13 bits per heavy atom. The first kappa shape index (κ1) is 20.7. The van der Waals surface area contributed by atoms with Gasteiger partial charge in [0.15, 0.2) is 0 Å². The number of benzene rings is 4. The van der Waals surface area contributed by atoms with Crippen LogP contribution in [0.3, 0.4) is 0 Å². The van der Waals surface area contributed by atoms with E-state index in [2.05, 4.69) is 90.3 Å². The summed E-state index contributed by atoms with van der Waals surface area (Å²) in [5.41, 5.74) is 7.85. The molecule has 0 spiro atoms. The second-order valence-corrected chi connectivity index (χ2v) is 12.2. The van der Waals surface area contributed by atoms with E-state index in [1.165, 1.54) is 20.8 Å². The van der Waals surface area contributed by atoms with Gasteiger partial charge in [-0.2, -0.15) is 0 Å². The molecule has 0 aliphatic carbocycles. The molecule has 0 radical (unpaired) electrons. The first-order valence-corrected chi connectivity index (χ1v) is 13.4. The minimum absolute atomic E-state index is 0.751. The van der Waals surface area contributed by atoms with E-state index < -0.39 is 6.04 Å². The van der Waals surface area contributed by atoms with Crippen molar-refractivity contribution in [1.29, 1.82) is 0 Å². The number of thioether (sulfide) groups is 1. The van der Waals surface area contributed by atoms with Crippen LogP contribution in [0.15, 0.2) is 126 Å². The topological polar surface area (TPSA) is 26.0 Å². The predicted molar refractivity (Wildman–Crippen MR) is 138 cm³/mol. The molecule has 4 aromatic carbocycles. The molecule has 4 heteroatoms. The van der Waals surface area contributed by atoms with Crippen LogP contribution in [0, 0.1) is 0 Å². The fourth-order valence-electron chi connectivity index (χ4n) is 3.30. The summed E-state index contributed by atoms with van der Waals surface area (Å²) in [5.74, 6) is 0. The van der Waals surface area contributed by atoms with Crippen molar-refractivity contribution in [3.63, 3.8) is 0 Å². The standard InChI is InChI=1S/C26H22NPS2/c27-22-18-16-21(17-19-22)26(20-30-25-14-8-3-9-15-25)28(29,23-10-4-1-5-11-23)24-12-6-2-7-13-24/h1-20H,27H2/b26-20+. The average molecular weight is 444 g/mol. The fraction of sp³-hybridized carbons (Fsp3) is 0. The van der Waals surface area contributed by atoms with Crippen LogP contribution in [0.2, 0.25) is 0 Å². The van der Waals surface area contributed by atoms with Crippen LogP contribution >= 0.6 is 17.8 Å². The molecule has 0 fully saturated rings. The molecule has 0 saturated carbocycles. The average Bonchev–Trinajstić information content (AvgIpc) is 2.82. The lowest BCUT2D eigenvalue weighted by atomic mass is 10.2. The Kier molecular flexibility index (Phi) is 6.54. The first-order chi connectivity index (χ1) is 14.7. The van der Waals surface area contributed by atoms with Crippen molar-refractivity contribution in [3.8, 4) is 0 Å². The van der Waals surface area contributed by atoms with Crippen LogP contribution in [-0.2, 0) is 11.8 Å². The molecule has 1 nitrogen and oxygen atoms in total. The van der Waals surface area contributed by atoms with E-state index in [1.54, 1.807) is 11.8 Å². The van der Waals surface area contributed by atoms with E-state index in [4.69, 9.17) is 17.5 Å². The highest BCUT2D eigenvalue weighted by molar-refractivity contribution is 8.27. The van der Waals surface area contributed by atoms with Crippen LogP contribution in [0.5, 0.6) is 0 Å². The molecule has 4 rings (SSSR count). The Bertz CT molecular complexity index is 1130. The SMILES string of the molecule is Nc1ccc(/C(=C\Sc2ccccc2)P(=S)(c2ccccc2)c2ccccc2)cc1. The zero-order chi connectivity index (χ0) is 20.8.